The molecule has 26 heavy (non-hydrogen) atoms. The van der Waals surface area contributed by atoms with Gasteiger partial charge in [0.2, 0.25) is 0 Å². The Morgan fingerprint density at radius 1 is 1.23 bits per heavy atom. The number of aliphatic hydroxyl groups excluding tert-OH is 2. The van der Waals surface area contributed by atoms with Gasteiger partial charge in [0.15, 0.2) is 17.7 Å². The molecule has 0 aliphatic carbocycles. The fraction of sp³-hybridized carbons (Fsp3) is 0.500. The number of phosphoric acid groups is 1. The van der Waals surface area contributed by atoms with Gasteiger partial charge in [-0.05, 0) is 0 Å². The molecule has 0 amide bonds. The Balaban J connectivity index is 0.00000208. The van der Waals surface area contributed by atoms with E-state index in [1.807, 2.05) is 0 Å². The molecule has 3 rings (SSSR count). The minimum absolute atomic E-state index is 0. The van der Waals surface area contributed by atoms with Crippen LogP contribution >= 0.6 is 7.82 Å². The minimum Gasteiger partial charge on any atom is -0.412 e. The van der Waals surface area contributed by atoms with Gasteiger partial charge in [-0.3, -0.25) is 9.09 Å². The van der Waals surface area contributed by atoms with E-state index in [1.54, 1.807) is 0 Å². The first-order valence-corrected chi connectivity index (χ1v) is 7.95. The van der Waals surface area contributed by atoms with E-state index in [1.165, 1.54) is 17.2 Å². The van der Waals surface area contributed by atoms with E-state index in [9.17, 15) is 14.8 Å². The van der Waals surface area contributed by atoms with Crippen LogP contribution in [0.15, 0.2) is 12.7 Å². The zero-order chi connectivity index (χ0) is 16.8. The van der Waals surface area contributed by atoms with Gasteiger partial charge < -0.3 is 35.9 Å². The van der Waals surface area contributed by atoms with E-state index in [0.717, 1.165) is 0 Å². The molecule has 0 saturated carbocycles. The third-order valence-electron chi connectivity index (χ3n) is 3.41. The molecule has 1 aliphatic heterocycles. The summed E-state index contributed by atoms with van der Waals surface area (Å²) in [6, 6.07) is 0. The number of nitrogens with two attached hydrogens (primary N) is 1. The minimum atomic E-state index is -4.72. The predicted molar refractivity (Wildman–Crippen MR) is 88.8 cm³/mol. The van der Waals surface area contributed by atoms with Gasteiger partial charge in [-0.15, -0.1) is 0 Å². The zero-order valence-electron chi connectivity index (χ0n) is 14.0. The number of imidazole rings is 1. The number of hydrogen-bond donors (Lipinski definition) is 5. The molecule has 0 bridgehead atoms. The van der Waals surface area contributed by atoms with Crippen LogP contribution in [0.1, 0.15) is 6.23 Å². The summed E-state index contributed by atoms with van der Waals surface area (Å²) in [7, 11) is -4.72. The molecular weight excluding hydrogens is 395 g/mol. The molecule has 136 valence electrons. The molecule has 1 fully saturated rings. The summed E-state index contributed by atoms with van der Waals surface area (Å²) in [6.07, 6.45) is -2.49. The first kappa shape index (κ1) is 26.3. The monoisotopic (exact) mass is 411 g/mol. The van der Waals surface area contributed by atoms with Crippen molar-refractivity contribution < 1.29 is 39.3 Å². The quantitative estimate of drug-likeness (QED) is 0.246. The third kappa shape index (κ3) is 5.43. The average molecular weight is 411 g/mol. The molecule has 4 atom stereocenters. The van der Waals surface area contributed by atoms with Crippen molar-refractivity contribution in [2.45, 2.75) is 24.5 Å². The van der Waals surface area contributed by atoms with E-state index in [-0.39, 0.29) is 76.1 Å². The largest absolute Gasteiger partial charge is 0.469 e. The van der Waals surface area contributed by atoms with Crippen LogP contribution in [0.3, 0.4) is 0 Å². The summed E-state index contributed by atoms with van der Waals surface area (Å²) >= 11 is 0. The Bertz CT molecular complexity index is 775. The average Bonchev–Trinajstić information content (AvgIpc) is 3.01. The van der Waals surface area contributed by atoms with Crippen molar-refractivity contribution in [2.75, 3.05) is 12.3 Å². The zero-order valence-corrected chi connectivity index (χ0v) is 18.9. The van der Waals surface area contributed by atoms with Crippen molar-refractivity contribution in [1.82, 2.24) is 19.5 Å². The van der Waals surface area contributed by atoms with Crippen LogP contribution in [0.25, 0.3) is 11.2 Å². The molecule has 16 heteroatoms. The molecule has 1 saturated heterocycles. The van der Waals surface area contributed by atoms with Gasteiger partial charge in [0.05, 0.1) is 12.9 Å². The molecule has 1 aliphatic rings. The normalized spacial score (nSPS) is 25.2. The summed E-state index contributed by atoms with van der Waals surface area (Å²) in [5.74, 6) is 0.142. The van der Waals surface area contributed by atoms with Crippen LogP contribution in [0.4, 0.5) is 5.82 Å². The molecule has 0 spiro atoms. The molecule has 2 radical (unpaired) electrons. The Kier molecular flexibility index (Phi) is 10.3. The molecule has 2 aromatic heterocycles. The van der Waals surface area contributed by atoms with Crippen molar-refractivity contribution in [3.8, 4) is 0 Å². The Morgan fingerprint density at radius 2 is 1.88 bits per heavy atom. The maximum atomic E-state index is 10.7. The van der Waals surface area contributed by atoms with Gasteiger partial charge in [0, 0.05) is 59.1 Å². The second-order valence-electron chi connectivity index (χ2n) is 4.92. The fourth-order valence-corrected chi connectivity index (χ4v) is 2.66. The number of nitrogens with zero attached hydrogens (tertiary/aromatic N) is 4. The van der Waals surface area contributed by atoms with E-state index < -0.39 is 39.0 Å². The molecule has 2 aromatic rings. The number of aromatic nitrogens is 4. The predicted octanol–water partition coefficient (Wildman–Crippen LogP) is -3.45. The third-order valence-corrected chi connectivity index (χ3v) is 3.89. The Hall–Kier alpha value is 0.300. The maximum absolute atomic E-state index is 10.7. The van der Waals surface area contributed by atoms with Crippen molar-refractivity contribution in [3.63, 3.8) is 0 Å². The number of anilines is 1. The number of rotatable bonds is 4. The number of hydrogen-bond acceptors (Lipinski definition) is 9. The van der Waals surface area contributed by atoms with Gasteiger partial charge in [-0.25, -0.2) is 19.5 Å². The van der Waals surface area contributed by atoms with Crippen LogP contribution in [0.5, 0.6) is 0 Å². The Labute approximate surface area is 191 Å². The van der Waals surface area contributed by atoms with Gasteiger partial charge in [0.25, 0.3) is 0 Å². The van der Waals surface area contributed by atoms with Gasteiger partial charge in [-0.2, -0.15) is 0 Å². The molecule has 3 heterocycles. The van der Waals surface area contributed by atoms with Crippen LogP contribution < -0.4 is 5.73 Å². The molecule has 0 unspecified atom stereocenters. The second kappa shape index (κ2) is 10.2. The summed E-state index contributed by atoms with van der Waals surface area (Å²) in [4.78, 5) is 29.2. The number of aliphatic hydroxyl groups is 2. The van der Waals surface area contributed by atoms with Gasteiger partial charge in [-0.1, -0.05) is 0 Å². The number of fused-ring (bicyclic) bond motifs is 1. The van der Waals surface area contributed by atoms with Crippen molar-refractivity contribution in [3.05, 3.63) is 12.7 Å². The van der Waals surface area contributed by atoms with E-state index >= 15 is 0 Å². The van der Waals surface area contributed by atoms with Crippen LogP contribution in [0, 0.1) is 0 Å². The summed E-state index contributed by atoms with van der Waals surface area (Å²) < 4.78 is 21.8. The molecular formula is C10H16N5Na2O8P. The number of ether oxygens (including phenoxy) is 1. The van der Waals surface area contributed by atoms with Gasteiger partial charge >= 0.3 is 7.82 Å². The molecule has 0 aromatic carbocycles. The number of phosphoric ester groups is 1. The molecule has 8 N–H and O–H groups in total. The first-order valence-electron chi connectivity index (χ1n) is 6.42. The van der Waals surface area contributed by atoms with Gasteiger partial charge in [0.1, 0.15) is 30.2 Å². The maximum Gasteiger partial charge on any atom is 0.469 e. The molecule has 13 nitrogen and oxygen atoms in total. The van der Waals surface area contributed by atoms with Crippen molar-refractivity contribution >= 4 is 83.9 Å². The van der Waals surface area contributed by atoms with E-state index in [4.69, 9.17) is 20.3 Å². The topological polar surface area (TPSA) is 218 Å². The standard InChI is InChI=1S/C10H14N5O7P.2Na.H2O/c11-8-5-9(13-2-12-8)15(3-14-5)10-7(17)6(16)4(22-10)1-21-23(18,19)20;;;/h2-4,6-7,10,16-17H,1H2,(H2,11,12,13)(H2,18,19,20);;;1H2/t4-,6-,7-,10-;;;/m1.../s1. The van der Waals surface area contributed by atoms with E-state index in [2.05, 4.69) is 19.5 Å². The van der Waals surface area contributed by atoms with Crippen molar-refractivity contribution in [2.24, 2.45) is 0 Å². The number of nitrogen functional groups attached to an aromatic ring is 1. The smallest absolute Gasteiger partial charge is 0.412 e. The van der Waals surface area contributed by atoms with Crippen LogP contribution in [-0.2, 0) is 13.8 Å². The van der Waals surface area contributed by atoms with E-state index in [0.29, 0.717) is 5.52 Å². The summed E-state index contributed by atoms with van der Waals surface area (Å²) in [5.41, 5.74) is 6.25. The SMILES string of the molecule is Nc1ncnc2c1ncn2[C@@H]1O[C@H](COP(=O)(O)O)[C@@H](O)[C@H]1O.O.[Na].[Na]. The second-order valence-corrected chi connectivity index (χ2v) is 6.15. The van der Waals surface area contributed by atoms with Crippen LogP contribution in [-0.4, -0.2) is 129 Å². The van der Waals surface area contributed by atoms with Crippen molar-refractivity contribution in [1.29, 1.82) is 0 Å². The summed E-state index contributed by atoms with van der Waals surface area (Å²) in [5, 5.41) is 20.1. The summed E-state index contributed by atoms with van der Waals surface area (Å²) in [6.45, 7) is -0.594. The van der Waals surface area contributed by atoms with Crippen LogP contribution in [0.2, 0.25) is 0 Å². The first-order chi connectivity index (χ1) is 10.8. The fourth-order valence-electron chi connectivity index (χ4n) is 2.32. The Morgan fingerprint density at radius 3 is 2.50 bits per heavy atom.